The van der Waals surface area contributed by atoms with Gasteiger partial charge in [-0.3, -0.25) is 4.79 Å². The van der Waals surface area contributed by atoms with Crippen molar-refractivity contribution in [3.8, 4) is 11.5 Å². The van der Waals surface area contributed by atoms with Crippen molar-refractivity contribution in [2.75, 3.05) is 19.9 Å². The summed E-state index contributed by atoms with van der Waals surface area (Å²) in [6, 6.07) is 3.38. The molecule has 2 heterocycles. The van der Waals surface area contributed by atoms with Crippen molar-refractivity contribution < 1.29 is 14.3 Å². The Kier molecular flexibility index (Phi) is 3.27. The lowest BCUT2D eigenvalue weighted by Gasteiger charge is -2.30. The van der Waals surface area contributed by atoms with Gasteiger partial charge in [-0.1, -0.05) is 18.5 Å². The number of piperidine rings is 1. The van der Waals surface area contributed by atoms with E-state index < -0.39 is 0 Å². The van der Waals surface area contributed by atoms with Crippen LogP contribution < -0.4 is 9.47 Å². The van der Waals surface area contributed by atoms with Gasteiger partial charge in [0.1, 0.15) is 0 Å². The normalized spacial score (nSPS) is 18.7. The van der Waals surface area contributed by atoms with Crippen molar-refractivity contribution in [2.45, 2.75) is 19.8 Å². The third-order valence-corrected chi connectivity index (χ3v) is 4.03. The molecule has 1 saturated heterocycles. The van der Waals surface area contributed by atoms with Crippen LogP contribution in [0.4, 0.5) is 0 Å². The van der Waals surface area contributed by atoms with Crippen LogP contribution in [0.2, 0.25) is 5.02 Å². The van der Waals surface area contributed by atoms with Crippen LogP contribution in [0.5, 0.6) is 11.5 Å². The summed E-state index contributed by atoms with van der Waals surface area (Å²) < 4.78 is 10.5. The number of nitrogens with zero attached hydrogens (tertiary/aromatic N) is 1. The van der Waals surface area contributed by atoms with Gasteiger partial charge in [0.05, 0.1) is 5.02 Å². The van der Waals surface area contributed by atoms with E-state index in [1.165, 1.54) is 0 Å². The van der Waals surface area contributed by atoms with Crippen LogP contribution in [0, 0.1) is 5.92 Å². The third kappa shape index (κ3) is 2.37. The Morgan fingerprint density at radius 3 is 2.79 bits per heavy atom. The van der Waals surface area contributed by atoms with E-state index in [1.807, 2.05) is 4.90 Å². The van der Waals surface area contributed by atoms with Gasteiger partial charge in [0.25, 0.3) is 5.91 Å². The molecule has 1 aromatic rings. The van der Waals surface area contributed by atoms with E-state index in [2.05, 4.69) is 6.92 Å². The third-order valence-electron chi connectivity index (χ3n) is 3.75. The van der Waals surface area contributed by atoms with Crippen molar-refractivity contribution in [3.63, 3.8) is 0 Å². The van der Waals surface area contributed by atoms with E-state index in [-0.39, 0.29) is 12.7 Å². The lowest BCUT2D eigenvalue weighted by atomic mass is 9.98. The van der Waals surface area contributed by atoms with Crippen LogP contribution in [-0.4, -0.2) is 30.7 Å². The minimum Gasteiger partial charge on any atom is -0.454 e. The predicted octanol–water partition coefficient (Wildman–Crippen LogP) is 2.94. The highest BCUT2D eigenvalue weighted by Gasteiger charge is 2.25. The first kappa shape index (κ1) is 12.6. The molecule has 102 valence electrons. The number of fused-ring (bicyclic) bond motifs is 1. The zero-order valence-electron chi connectivity index (χ0n) is 10.8. The van der Waals surface area contributed by atoms with Crippen molar-refractivity contribution in [1.29, 1.82) is 0 Å². The average Bonchev–Trinajstić information content (AvgIpc) is 2.87. The summed E-state index contributed by atoms with van der Waals surface area (Å²) in [7, 11) is 0. The first-order valence-electron chi connectivity index (χ1n) is 6.53. The first-order chi connectivity index (χ1) is 9.15. The fraction of sp³-hybridized carbons (Fsp3) is 0.500. The van der Waals surface area contributed by atoms with Gasteiger partial charge in [-0.25, -0.2) is 0 Å². The first-order valence-corrected chi connectivity index (χ1v) is 6.91. The van der Waals surface area contributed by atoms with Crippen LogP contribution in [0.15, 0.2) is 12.1 Å². The summed E-state index contributed by atoms with van der Waals surface area (Å²) in [4.78, 5) is 14.3. The number of amides is 1. The van der Waals surface area contributed by atoms with Crippen LogP contribution in [0.25, 0.3) is 0 Å². The van der Waals surface area contributed by atoms with Crippen LogP contribution >= 0.6 is 11.6 Å². The van der Waals surface area contributed by atoms with E-state index in [0.717, 1.165) is 25.9 Å². The molecule has 0 spiro atoms. The molecule has 1 fully saturated rings. The van der Waals surface area contributed by atoms with Crippen LogP contribution in [0.3, 0.4) is 0 Å². The number of hydrogen-bond acceptors (Lipinski definition) is 3. The van der Waals surface area contributed by atoms with Crippen LogP contribution in [0.1, 0.15) is 30.1 Å². The van der Waals surface area contributed by atoms with Gasteiger partial charge in [0, 0.05) is 18.7 Å². The number of benzene rings is 1. The molecular formula is C14H16ClNO3. The molecule has 4 nitrogen and oxygen atoms in total. The highest BCUT2D eigenvalue weighted by atomic mass is 35.5. The zero-order chi connectivity index (χ0) is 13.4. The second kappa shape index (κ2) is 4.93. The lowest BCUT2D eigenvalue weighted by molar-refractivity contribution is 0.0697. The molecule has 0 N–H and O–H groups in total. The molecular weight excluding hydrogens is 266 g/mol. The number of carbonyl (C=O) groups is 1. The largest absolute Gasteiger partial charge is 0.454 e. The summed E-state index contributed by atoms with van der Waals surface area (Å²) in [6.45, 7) is 4.01. The molecule has 0 aromatic heterocycles. The number of ether oxygens (including phenoxy) is 2. The molecule has 0 bridgehead atoms. The highest BCUT2D eigenvalue weighted by Crippen LogP contribution is 2.40. The van der Waals surface area contributed by atoms with Gasteiger partial charge in [-0.05, 0) is 30.9 Å². The highest BCUT2D eigenvalue weighted by molar-refractivity contribution is 6.32. The van der Waals surface area contributed by atoms with E-state index in [4.69, 9.17) is 21.1 Å². The summed E-state index contributed by atoms with van der Waals surface area (Å²) in [6.07, 6.45) is 2.12. The quantitative estimate of drug-likeness (QED) is 0.794. The van der Waals surface area contributed by atoms with Crippen molar-refractivity contribution in [2.24, 2.45) is 5.92 Å². The van der Waals surface area contributed by atoms with Gasteiger partial charge in [0.15, 0.2) is 11.5 Å². The summed E-state index contributed by atoms with van der Waals surface area (Å²) in [5.74, 6) is 1.81. The van der Waals surface area contributed by atoms with Crippen LogP contribution in [-0.2, 0) is 0 Å². The predicted molar refractivity (Wildman–Crippen MR) is 71.9 cm³/mol. The van der Waals surface area contributed by atoms with E-state index >= 15 is 0 Å². The molecule has 0 aliphatic carbocycles. The fourth-order valence-corrected chi connectivity index (χ4v) is 2.75. The monoisotopic (exact) mass is 281 g/mol. The van der Waals surface area contributed by atoms with Gasteiger partial charge < -0.3 is 14.4 Å². The Labute approximate surface area is 117 Å². The molecule has 0 radical (unpaired) electrons. The maximum Gasteiger partial charge on any atom is 0.254 e. The number of likely N-dealkylation sites (tertiary alicyclic amines) is 1. The molecule has 0 unspecified atom stereocenters. The second-order valence-electron chi connectivity index (χ2n) is 5.17. The molecule has 1 aromatic carbocycles. The topological polar surface area (TPSA) is 38.8 Å². The fourth-order valence-electron chi connectivity index (χ4n) is 2.49. The van der Waals surface area contributed by atoms with E-state index in [0.29, 0.717) is 28.0 Å². The van der Waals surface area contributed by atoms with E-state index in [9.17, 15) is 4.79 Å². The number of carbonyl (C=O) groups excluding carboxylic acids is 1. The SMILES string of the molecule is CC1CCN(C(=O)c2cc(Cl)c3c(c2)OCO3)CC1. The van der Waals surface area contributed by atoms with E-state index in [1.54, 1.807) is 12.1 Å². The minimum absolute atomic E-state index is 0.0205. The lowest BCUT2D eigenvalue weighted by Crippen LogP contribution is -2.37. The summed E-state index contributed by atoms with van der Waals surface area (Å²) in [5, 5.41) is 0.434. The van der Waals surface area contributed by atoms with Gasteiger partial charge >= 0.3 is 0 Å². The standard InChI is InChI=1S/C14H16ClNO3/c1-9-2-4-16(5-3-9)14(17)10-6-11(15)13-12(7-10)18-8-19-13/h6-7,9H,2-5,8H2,1H3. The molecule has 2 aliphatic heterocycles. The Morgan fingerprint density at radius 1 is 1.32 bits per heavy atom. The molecule has 3 rings (SSSR count). The Morgan fingerprint density at radius 2 is 2.05 bits per heavy atom. The maximum atomic E-state index is 12.4. The van der Waals surface area contributed by atoms with Crippen molar-refractivity contribution >= 4 is 17.5 Å². The molecule has 2 aliphatic rings. The van der Waals surface area contributed by atoms with Crippen molar-refractivity contribution in [3.05, 3.63) is 22.7 Å². The molecule has 1 amide bonds. The number of halogens is 1. The molecule has 5 heteroatoms. The number of rotatable bonds is 1. The van der Waals surface area contributed by atoms with Crippen molar-refractivity contribution in [1.82, 2.24) is 4.90 Å². The second-order valence-corrected chi connectivity index (χ2v) is 5.57. The van der Waals surface area contributed by atoms with Gasteiger partial charge in [-0.2, -0.15) is 0 Å². The Balaban J connectivity index is 1.82. The molecule has 0 atom stereocenters. The Bertz CT molecular complexity index is 510. The maximum absolute atomic E-state index is 12.4. The van der Waals surface area contributed by atoms with Gasteiger partial charge in [-0.15, -0.1) is 0 Å². The summed E-state index contributed by atoms with van der Waals surface area (Å²) >= 11 is 6.11. The smallest absolute Gasteiger partial charge is 0.254 e. The minimum atomic E-state index is 0.0205. The molecule has 0 saturated carbocycles. The average molecular weight is 282 g/mol. The molecule has 19 heavy (non-hydrogen) atoms. The Hall–Kier alpha value is -1.42. The summed E-state index contributed by atoms with van der Waals surface area (Å²) in [5.41, 5.74) is 0.573. The van der Waals surface area contributed by atoms with Gasteiger partial charge in [0.2, 0.25) is 6.79 Å². The number of hydrogen-bond donors (Lipinski definition) is 0. The zero-order valence-corrected chi connectivity index (χ0v) is 11.6.